The Bertz CT molecular complexity index is 839. The molecule has 2 aromatic rings. The van der Waals surface area contributed by atoms with Gasteiger partial charge in [0.2, 0.25) is 12.3 Å². The molecule has 0 unspecified atom stereocenters. The lowest BCUT2D eigenvalue weighted by Gasteiger charge is -2.32. The molecule has 8 heteroatoms. The molecule has 0 bridgehead atoms. The average Bonchev–Trinajstić information content (AvgIpc) is 2.69. The van der Waals surface area contributed by atoms with Gasteiger partial charge in [-0.15, -0.1) is 0 Å². The number of amides is 2. The van der Waals surface area contributed by atoms with Gasteiger partial charge in [0.05, 0.1) is 12.8 Å². The van der Waals surface area contributed by atoms with Gasteiger partial charge in [-0.1, -0.05) is 0 Å². The molecule has 1 aliphatic rings. The van der Waals surface area contributed by atoms with Crippen LogP contribution in [0, 0.1) is 0 Å². The van der Waals surface area contributed by atoms with E-state index in [1.54, 1.807) is 23.0 Å². The number of aromatic nitrogens is 2. The maximum Gasteiger partial charge on any atom is 0.267 e. The van der Waals surface area contributed by atoms with Gasteiger partial charge in [-0.2, -0.15) is 5.10 Å². The van der Waals surface area contributed by atoms with Gasteiger partial charge in [-0.05, 0) is 30.3 Å². The molecule has 1 aromatic carbocycles. The van der Waals surface area contributed by atoms with Crippen LogP contribution in [-0.4, -0.2) is 65.2 Å². The van der Waals surface area contributed by atoms with Crippen LogP contribution in [-0.2, 0) is 16.1 Å². The third-order valence-electron chi connectivity index (χ3n) is 4.35. The monoisotopic (exact) mass is 356 g/mol. The number of nitrogens with zero attached hydrogens (tertiary/aromatic N) is 4. The topological polar surface area (TPSA) is 84.7 Å². The second kappa shape index (κ2) is 7.81. The van der Waals surface area contributed by atoms with E-state index in [0.29, 0.717) is 31.9 Å². The Morgan fingerprint density at radius 2 is 1.81 bits per heavy atom. The van der Waals surface area contributed by atoms with E-state index in [1.165, 1.54) is 10.7 Å². The van der Waals surface area contributed by atoms with Crippen LogP contribution in [0.15, 0.2) is 41.2 Å². The lowest BCUT2D eigenvalue weighted by atomic mass is 10.1. The van der Waals surface area contributed by atoms with Crippen molar-refractivity contribution in [3.63, 3.8) is 0 Å². The maximum absolute atomic E-state index is 12.4. The van der Waals surface area contributed by atoms with Gasteiger partial charge < -0.3 is 14.5 Å². The Morgan fingerprint density at radius 3 is 2.42 bits per heavy atom. The van der Waals surface area contributed by atoms with Crippen LogP contribution in [0.1, 0.15) is 0 Å². The van der Waals surface area contributed by atoms with Gasteiger partial charge in [0.1, 0.15) is 12.3 Å². The van der Waals surface area contributed by atoms with Crippen molar-refractivity contribution < 1.29 is 14.3 Å². The fraction of sp³-hybridized carbons (Fsp3) is 0.333. The Hall–Kier alpha value is -3.16. The lowest BCUT2D eigenvalue weighted by Crippen LogP contribution is -2.49. The van der Waals surface area contributed by atoms with E-state index in [4.69, 9.17) is 4.74 Å². The first kappa shape index (κ1) is 17.7. The first-order valence-corrected chi connectivity index (χ1v) is 8.30. The van der Waals surface area contributed by atoms with E-state index < -0.39 is 0 Å². The molecule has 1 fully saturated rings. The zero-order valence-corrected chi connectivity index (χ0v) is 14.5. The minimum atomic E-state index is -0.331. The number of hydrogen-bond donors (Lipinski definition) is 0. The minimum absolute atomic E-state index is 0.121. The molecule has 1 aliphatic heterocycles. The number of carbonyl (C=O) groups is 2. The van der Waals surface area contributed by atoms with Gasteiger partial charge in [0.25, 0.3) is 5.56 Å². The normalized spacial score (nSPS) is 14.2. The summed E-state index contributed by atoms with van der Waals surface area (Å²) in [4.78, 5) is 38.5. The molecule has 0 saturated carbocycles. The second-order valence-corrected chi connectivity index (χ2v) is 5.97. The predicted molar refractivity (Wildman–Crippen MR) is 94.7 cm³/mol. The molecule has 3 rings (SSSR count). The van der Waals surface area contributed by atoms with Crippen LogP contribution in [0.4, 0.5) is 0 Å². The predicted octanol–water partition coefficient (Wildman–Crippen LogP) is 0.220. The number of rotatable bonds is 5. The van der Waals surface area contributed by atoms with Crippen LogP contribution >= 0.6 is 0 Å². The standard InChI is InChI=1S/C18H20N4O4/c1-26-15-4-2-14(3-5-15)16-6-7-17(24)22(19-16)12-18(25)21-10-8-20(13-23)9-11-21/h2-7,13H,8-12H2,1H3. The van der Waals surface area contributed by atoms with Crippen LogP contribution in [0.3, 0.4) is 0 Å². The SMILES string of the molecule is COc1ccc(-c2ccc(=O)n(CC(=O)N3CCN(C=O)CC3)n2)cc1. The summed E-state index contributed by atoms with van der Waals surface area (Å²) in [6, 6.07) is 10.3. The van der Waals surface area contributed by atoms with Gasteiger partial charge in [-0.25, -0.2) is 4.68 Å². The highest BCUT2D eigenvalue weighted by Crippen LogP contribution is 2.19. The van der Waals surface area contributed by atoms with Crippen molar-refractivity contribution in [1.29, 1.82) is 0 Å². The Balaban J connectivity index is 1.74. The summed E-state index contributed by atoms with van der Waals surface area (Å²) in [5.74, 6) is 0.545. The first-order chi connectivity index (χ1) is 12.6. The maximum atomic E-state index is 12.4. The van der Waals surface area contributed by atoms with E-state index in [2.05, 4.69) is 5.10 Å². The van der Waals surface area contributed by atoms with Crippen molar-refractivity contribution in [2.45, 2.75) is 6.54 Å². The average molecular weight is 356 g/mol. The number of carbonyl (C=O) groups excluding carboxylic acids is 2. The van der Waals surface area contributed by atoms with Gasteiger partial charge >= 0.3 is 0 Å². The van der Waals surface area contributed by atoms with E-state index in [1.807, 2.05) is 24.3 Å². The molecule has 0 radical (unpaired) electrons. The number of methoxy groups -OCH3 is 1. The van der Waals surface area contributed by atoms with E-state index in [9.17, 15) is 14.4 Å². The third kappa shape index (κ3) is 3.90. The summed E-state index contributed by atoms with van der Waals surface area (Å²) in [5.41, 5.74) is 1.10. The fourth-order valence-corrected chi connectivity index (χ4v) is 2.78. The molecule has 1 aromatic heterocycles. The number of hydrogen-bond acceptors (Lipinski definition) is 5. The van der Waals surface area contributed by atoms with E-state index >= 15 is 0 Å². The lowest BCUT2D eigenvalue weighted by molar-refractivity contribution is -0.135. The van der Waals surface area contributed by atoms with Crippen molar-refractivity contribution >= 4 is 12.3 Å². The van der Waals surface area contributed by atoms with Crippen molar-refractivity contribution in [2.24, 2.45) is 0 Å². The summed E-state index contributed by atoms with van der Waals surface area (Å²) >= 11 is 0. The molecule has 26 heavy (non-hydrogen) atoms. The number of piperazine rings is 1. The summed E-state index contributed by atoms with van der Waals surface area (Å²) in [6.07, 6.45) is 0.784. The zero-order chi connectivity index (χ0) is 18.5. The largest absolute Gasteiger partial charge is 0.497 e. The van der Waals surface area contributed by atoms with Crippen molar-refractivity contribution in [3.05, 3.63) is 46.8 Å². The number of benzene rings is 1. The van der Waals surface area contributed by atoms with E-state index in [0.717, 1.165) is 17.7 Å². The highest BCUT2D eigenvalue weighted by Gasteiger charge is 2.21. The van der Waals surface area contributed by atoms with Crippen molar-refractivity contribution in [2.75, 3.05) is 33.3 Å². The van der Waals surface area contributed by atoms with Gasteiger partial charge in [0, 0.05) is 37.8 Å². The quantitative estimate of drug-likeness (QED) is 0.716. The Morgan fingerprint density at radius 1 is 1.12 bits per heavy atom. The van der Waals surface area contributed by atoms with Gasteiger partial charge in [-0.3, -0.25) is 14.4 Å². The van der Waals surface area contributed by atoms with Gasteiger partial charge in [0.15, 0.2) is 0 Å². The Labute approximate surface area is 150 Å². The second-order valence-electron chi connectivity index (χ2n) is 5.97. The number of ether oxygens (including phenoxy) is 1. The smallest absolute Gasteiger partial charge is 0.267 e. The highest BCUT2D eigenvalue weighted by atomic mass is 16.5. The van der Waals surface area contributed by atoms with E-state index in [-0.39, 0.29) is 18.0 Å². The summed E-state index contributed by atoms with van der Waals surface area (Å²) in [5, 5.41) is 4.31. The fourth-order valence-electron chi connectivity index (χ4n) is 2.78. The molecule has 2 heterocycles. The van der Waals surface area contributed by atoms with Crippen molar-refractivity contribution in [1.82, 2.24) is 19.6 Å². The zero-order valence-electron chi connectivity index (χ0n) is 14.5. The summed E-state index contributed by atoms with van der Waals surface area (Å²) < 4.78 is 6.31. The van der Waals surface area contributed by atoms with Crippen molar-refractivity contribution in [3.8, 4) is 17.0 Å². The Kier molecular flexibility index (Phi) is 5.31. The molecule has 8 nitrogen and oxygen atoms in total. The van der Waals surface area contributed by atoms with Crippen LogP contribution in [0.5, 0.6) is 5.75 Å². The molecule has 0 atom stereocenters. The molecule has 0 spiro atoms. The summed E-state index contributed by atoms with van der Waals surface area (Å²) in [7, 11) is 1.59. The highest BCUT2D eigenvalue weighted by molar-refractivity contribution is 5.76. The third-order valence-corrected chi connectivity index (χ3v) is 4.35. The molecule has 1 saturated heterocycles. The molecule has 136 valence electrons. The molecular formula is C18H20N4O4. The molecule has 2 amide bonds. The molecule has 0 N–H and O–H groups in total. The molecular weight excluding hydrogens is 336 g/mol. The minimum Gasteiger partial charge on any atom is -0.497 e. The molecule has 0 aliphatic carbocycles. The van der Waals surface area contributed by atoms with Crippen LogP contribution in [0.2, 0.25) is 0 Å². The summed E-state index contributed by atoms with van der Waals surface area (Å²) in [6.45, 7) is 1.81. The van der Waals surface area contributed by atoms with Crippen LogP contribution < -0.4 is 10.3 Å². The van der Waals surface area contributed by atoms with Crippen LogP contribution in [0.25, 0.3) is 11.3 Å². The first-order valence-electron chi connectivity index (χ1n) is 8.30.